The molecule has 2 aromatic heterocycles. The maximum Gasteiger partial charge on any atom is 0.247 e. The number of rotatable bonds is 11. The Morgan fingerprint density at radius 3 is 2.97 bits per heavy atom. The molecule has 0 aliphatic heterocycles. The number of fused-ring (bicyclic) bond motifs is 1. The third-order valence-electron chi connectivity index (χ3n) is 4.21. The van der Waals surface area contributed by atoms with Gasteiger partial charge in [-0.3, -0.25) is 4.79 Å². The molecule has 0 unspecified atom stereocenters. The molecule has 1 aromatic carbocycles. The number of ether oxygens (including phenoxy) is 1. The van der Waals surface area contributed by atoms with Gasteiger partial charge >= 0.3 is 0 Å². The van der Waals surface area contributed by atoms with E-state index >= 15 is 0 Å². The van der Waals surface area contributed by atoms with Gasteiger partial charge in [0.25, 0.3) is 0 Å². The number of amides is 1. The number of hydrogen-bond donors (Lipinski definition) is 4. The van der Waals surface area contributed by atoms with Crippen molar-refractivity contribution in [3.63, 3.8) is 0 Å². The van der Waals surface area contributed by atoms with Gasteiger partial charge in [-0.05, 0) is 23.8 Å². The van der Waals surface area contributed by atoms with Gasteiger partial charge < -0.3 is 26.1 Å². The molecule has 0 fully saturated rings. The van der Waals surface area contributed by atoms with Crippen LogP contribution in [0.2, 0.25) is 0 Å². The molecule has 3 aromatic rings. The van der Waals surface area contributed by atoms with Crippen LogP contribution in [0.3, 0.4) is 0 Å². The van der Waals surface area contributed by atoms with Crippen LogP contribution in [0.25, 0.3) is 11.0 Å². The zero-order valence-corrected chi connectivity index (χ0v) is 17.1. The third kappa shape index (κ3) is 5.97. The topological polar surface area (TPSA) is 130 Å². The Bertz CT molecular complexity index is 1110. The number of carbonyl (C=O) groups excluding carboxylic acids is 1. The summed E-state index contributed by atoms with van der Waals surface area (Å²) in [5.74, 6) is 0.0847. The molecule has 1 amide bonds. The molecule has 10 heteroatoms. The van der Waals surface area contributed by atoms with Gasteiger partial charge in [-0.15, -0.1) is 0 Å². The number of nitrogens with one attached hydrogen (secondary N) is 4. The second kappa shape index (κ2) is 10.6. The predicted octanol–water partition coefficient (Wildman–Crippen LogP) is 2.14. The van der Waals surface area contributed by atoms with Crippen LogP contribution in [-0.4, -0.2) is 52.1 Å². The average molecular weight is 420 g/mol. The van der Waals surface area contributed by atoms with Gasteiger partial charge in [0, 0.05) is 38.0 Å². The number of nitrogens with zero attached hydrogens (tertiary/aromatic N) is 4. The van der Waals surface area contributed by atoms with Crippen molar-refractivity contribution in [2.45, 2.75) is 6.54 Å². The van der Waals surface area contributed by atoms with E-state index in [4.69, 9.17) is 10.1 Å². The van der Waals surface area contributed by atoms with Crippen LogP contribution in [0.5, 0.6) is 0 Å². The van der Waals surface area contributed by atoms with Gasteiger partial charge in [0.05, 0.1) is 30.4 Å². The second-order valence-corrected chi connectivity index (χ2v) is 6.48. The zero-order chi connectivity index (χ0) is 22.1. The van der Waals surface area contributed by atoms with Crippen molar-refractivity contribution in [2.24, 2.45) is 0 Å². The number of hydrogen-bond acceptors (Lipinski definition) is 8. The molecule has 0 aliphatic rings. The van der Waals surface area contributed by atoms with E-state index in [1.165, 1.54) is 12.3 Å². The minimum atomic E-state index is -0.267. The van der Waals surface area contributed by atoms with Gasteiger partial charge in [-0.1, -0.05) is 18.7 Å². The van der Waals surface area contributed by atoms with Crippen molar-refractivity contribution in [2.75, 3.05) is 30.9 Å². The summed E-state index contributed by atoms with van der Waals surface area (Å²) >= 11 is 0. The van der Waals surface area contributed by atoms with Crippen LogP contribution in [0.15, 0.2) is 61.2 Å². The summed E-state index contributed by atoms with van der Waals surface area (Å²) in [6, 6.07) is 7.48. The lowest BCUT2D eigenvalue weighted by Crippen LogP contribution is -2.16. The number of aromatic nitrogens is 4. The van der Waals surface area contributed by atoms with Crippen LogP contribution in [0.1, 0.15) is 5.56 Å². The molecular weight excluding hydrogens is 396 g/mol. The molecule has 0 spiro atoms. The molecule has 0 atom stereocenters. The molecule has 0 radical (unpaired) electrons. The fraction of sp³-hybridized carbons (Fsp3) is 0.190. The first-order valence-electron chi connectivity index (χ1n) is 9.54. The SMILES string of the molecule is C=CC(=O)Nc1cccc(Cn2ncc3cnc(N/C(C=N)=C/NCCOC)nc32)c1. The third-order valence-corrected chi connectivity index (χ3v) is 4.21. The molecule has 2 heterocycles. The first kappa shape index (κ1) is 21.7. The highest BCUT2D eigenvalue weighted by Crippen LogP contribution is 2.17. The Kier molecular flexibility index (Phi) is 7.44. The highest BCUT2D eigenvalue weighted by Gasteiger charge is 2.09. The van der Waals surface area contributed by atoms with Crippen molar-refractivity contribution in [3.05, 3.63) is 66.8 Å². The average Bonchev–Trinajstić information content (AvgIpc) is 3.18. The Morgan fingerprint density at radius 2 is 2.19 bits per heavy atom. The zero-order valence-electron chi connectivity index (χ0n) is 17.1. The van der Waals surface area contributed by atoms with Gasteiger partial charge in [-0.25, -0.2) is 9.67 Å². The number of anilines is 2. The summed E-state index contributed by atoms with van der Waals surface area (Å²) in [5, 5.41) is 21.6. The van der Waals surface area contributed by atoms with E-state index < -0.39 is 0 Å². The van der Waals surface area contributed by atoms with Gasteiger partial charge in [0.15, 0.2) is 5.65 Å². The summed E-state index contributed by atoms with van der Waals surface area (Å²) in [7, 11) is 1.63. The van der Waals surface area contributed by atoms with Crippen molar-refractivity contribution < 1.29 is 9.53 Å². The van der Waals surface area contributed by atoms with Crippen molar-refractivity contribution in [1.82, 2.24) is 25.1 Å². The lowest BCUT2D eigenvalue weighted by Gasteiger charge is -2.08. The Morgan fingerprint density at radius 1 is 1.32 bits per heavy atom. The van der Waals surface area contributed by atoms with Crippen LogP contribution >= 0.6 is 0 Å². The number of methoxy groups -OCH3 is 1. The Balaban J connectivity index is 1.77. The van der Waals surface area contributed by atoms with E-state index in [1.54, 1.807) is 30.4 Å². The highest BCUT2D eigenvalue weighted by molar-refractivity contribution is 5.98. The summed E-state index contributed by atoms with van der Waals surface area (Å²) < 4.78 is 6.73. The molecule has 0 aliphatic carbocycles. The molecule has 3 rings (SSSR count). The van der Waals surface area contributed by atoms with Crippen LogP contribution < -0.4 is 16.0 Å². The van der Waals surface area contributed by atoms with E-state index in [0.29, 0.717) is 42.7 Å². The Hall–Kier alpha value is -4.05. The van der Waals surface area contributed by atoms with Crippen LogP contribution in [-0.2, 0) is 16.1 Å². The summed E-state index contributed by atoms with van der Waals surface area (Å²) in [5.41, 5.74) is 2.78. The molecule has 31 heavy (non-hydrogen) atoms. The highest BCUT2D eigenvalue weighted by atomic mass is 16.5. The molecule has 160 valence electrons. The van der Waals surface area contributed by atoms with Crippen molar-refractivity contribution >= 4 is 34.8 Å². The second-order valence-electron chi connectivity index (χ2n) is 6.48. The summed E-state index contributed by atoms with van der Waals surface area (Å²) in [4.78, 5) is 20.4. The number of allylic oxidation sites excluding steroid dienone is 1. The maximum atomic E-state index is 11.5. The van der Waals surface area contributed by atoms with E-state index in [0.717, 1.165) is 10.9 Å². The molecule has 10 nitrogen and oxygen atoms in total. The van der Waals surface area contributed by atoms with Gasteiger partial charge in [0.1, 0.15) is 0 Å². The largest absolute Gasteiger partial charge is 0.387 e. The van der Waals surface area contributed by atoms with Crippen molar-refractivity contribution in [1.29, 1.82) is 5.41 Å². The standard InChI is InChI=1S/C21H24N8O2/c1-3-19(30)26-17-6-4-5-15(9-17)14-29-20-16(12-25-29)11-24-21(28-20)27-18(10-22)13-23-7-8-31-2/h3-6,9-13,22-23H,1,7-8,14H2,2H3,(H,26,30)(H,24,27,28)/b18-13+,22-10?. The van der Waals surface area contributed by atoms with E-state index in [1.807, 2.05) is 24.3 Å². The quantitative estimate of drug-likeness (QED) is 0.212. The Labute approximate surface area is 179 Å². The van der Waals surface area contributed by atoms with E-state index in [9.17, 15) is 4.79 Å². The molecule has 0 bridgehead atoms. The van der Waals surface area contributed by atoms with Crippen LogP contribution in [0.4, 0.5) is 11.6 Å². The fourth-order valence-electron chi connectivity index (χ4n) is 2.74. The molecular formula is C21H24N8O2. The van der Waals surface area contributed by atoms with Crippen molar-refractivity contribution in [3.8, 4) is 0 Å². The predicted molar refractivity (Wildman–Crippen MR) is 120 cm³/mol. The van der Waals surface area contributed by atoms with Crippen LogP contribution in [0, 0.1) is 5.41 Å². The van der Waals surface area contributed by atoms with Gasteiger partial charge in [0.2, 0.25) is 11.9 Å². The molecule has 0 saturated carbocycles. The smallest absolute Gasteiger partial charge is 0.247 e. The van der Waals surface area contributed by atoms with E-state index in [2.05, 4.69) is 37.6 Å². The monoisotopic (exact) mass is 420 g/mol. The first-order chi connectivity index (χ1) is 15.1. The fourth-order valence-corrected chi connectivity index (χ4v) is 2.74. The summed E-state index contributed by atoms with van der Waals surface area (Å²) in [6.07, 6.45) is 7.44. The van der Waals surface area contributed by atoms with Gasteiger partial charge in [-0.2, -0.15) is 10.1 Å². The lowest BCUT2D eigenvalue weighted by molar-refractivity contribution is -0.111. The normalized spacial score (nSPS) is 11.2. The molecule has 4 N–H and O–H groups in total. The maximum absolute atomic E-state index is 11.5. The van der Waals surface area contributed by atoms with E-state index in [-0.39, 0.29) is 5.91 Å². The minimum Gasteiger partial charge on any atom is -0.387 e. The summed E-state index contributed by atoms with van der Waals surface area (Å²) in [6.45, 7) is 5.10. The first-order valence-corrected chi connectivity index (χ1v) is 9.54. The minimum absolute atomic E-state index is 0.267. The molecule has 0 saturated heterocycles. The number of benzene rings is 1. The number of carbonyl (C=O) groups is 1. The lowest BCUT2D eigenvalue weighted by atomic mass is 10.2.